The molecule has 2 N–H and O–H groups in total. The topological polar surface area (TPSA) is 64.1 Å². The molecule has 1 aromatic carbocycles. The van der Waals surface area contributed by atoms with Gasteiger partial charge in [0.25, 0.3) is 0 Å². The Bertz CT molecular complexity index is 629. The lowest BCUT2D eigenvalue weighted by Gasteiger charge is -2.23. The van der Waals surface area contributed by atoms with Crippen LogP contribution in [0.5, 0.6) is 5.75 Å². The number of nitrogens with zero attached hydrogens (tertiary/aromatic N) is 1. The number of guanidine groups is 1. The Morgan fingerprint density at radius 3 is 2.36 bits per heavy atom. The number of rotatable bonds is 9. The van der Waals surface area contributed by atoms with Crippen LogP contribution in [-0.2, 0) is 22.2 Å². The molecule has 6 nitrogen and oxygen atoms in total. The first-order valence-corrected chi connectivity index (χ1v) is 8.97. The van der Waals surface area contributed by atoms with E-state index in [2.05, 4.69) is 15.6 Å². The van der Waals surface area contributed by atoms with Gasteiger partial charge in [0.15, 0.2) is 5.96 Å². The molecule has 0 fully saturated rings. The van der Waals surface area contributed by atoms with Crippen LogP contribution in [0, 0.1) is 0 Å². The molecule has 28 heavy (non-hydrogen) atoms. The minimum Gasteiger partial charge on any atom is -0.488 e. The monoisotopic (exact) mass is 405 g/mol. The van der Waals surface area contributed by atoms with Gasteiger partial charge in [0.2, 0.25) is 0 Å². The third kappa shape index (κ3) is 9.27. The predicted octanol–water partition coefficient (Wildman–Crippen LogP) is 3.21. The quantitative estimate of drug-likeness (QED) is 0.375. The summed E-state index contributed by atoms with van der Waals surface area (Å²) in [5.41, 5.74) is -1.21. The third-order valence-corrected chi connectivity index (χ3v) is 3.45. The van der Waals surface area contributed by atoms with Crippen LogP contribution >= 0.6 is 0 Å². The molecule has 0 saturated carbocycles. The van der Waals surface area contributed by atoms with Crippen molar-refractivity contribution in [1.82, 2.24) is 10.6 Å². The maximum atomic E-state index is 13.5. The largest absolute Gasteiger partial charge is 0.488 e. The zero-order valence-corrected chi connectivity index (χ0v) is 17.1. The van der Waals surface area contributed by atoms with Gasteiger partial charge >= 0.3 is 6.18 Å². The fraction of sp³-hybridized carbons (Fsp3) is 0.632. The molecular weight excluding hydrogens is 375 g/mol. The summed E-state index contributed by atoms with van der Waals surface area (Å²) in [7, 11) is 3.14. The van der Waals surface area contributed by atoms with Crippen molar-refractivity contribution in [2.24, 2.45) is 4.99 Å². The van der Waals surface area contributed by atoms with Crippen LogP contribution in [0.1, 0.15) is 31.9 Å². The van der Waals surface area contributed by atoms with Gasteiger partial charge < -0.3 is 24.8 Å². The average Bonchev–Trinajstić information content (AvgIpc) is 2.59. The lowest BCUT2D eigenvalue weighted by atomic mass is 10.1. The Kier molecular flexibility index (Phi) is 9.54. The van der Waals surface area contributed by atoms with E-state index in [0.717, 1.165) is 6.07 Å². The molecule has 0 aromatic heterocycles. The highest BCUT2D eigenvalue weighted by Crippen LogP contribution is 2.35. The molecule has 0 aliphatic rings. The number of ether oxygens (including phenoxy) is 3. The molecule has 0 saturated heterocycles. The minimum atomic E-state index is -4.49. The fourth-order valence-corrected chi connectivity index (χ4v) is 2.28. The van der Waals surface area contributed by atoms with Crippen LogP contribution in [0.15, 0.2) is 23.2 Å². The molecule has 0 atom stereocenters. The standard InChI is InChI=1S/C19H30F3N3O3/c1-18(2,3)28-15-7-6-14(16(12-15)19(20,21)22)13-25-17(23-4)24-8-9-27-11-10-26-5/h6-7,12H,8-11,13H2,1-5H3,(H2,23,24,25). The van der Waals surface area contributed by atoms with Crippen molar-refractivity contribution in [3.8, 4) is 5.75 Å². The third-order valence-electron chi connectivity index (χ3n) is 3.45. The van der Waals surface area contributed by atoms with Gasteiger partial charge in [-0.25, -0.2) is 0 Å². The van der Waals surface area contributed by atoms with Gasteiger partial charge in [-0.2, -0.15) is 13.2 Å². The van der Waals surface area contributed by atoms with E-state index in [1.165, 1.54) is 12.1 Å². The predicted molar refractivity (Wildman–Crippen MR) is 103 cm³/mol. The maximum Gasteiger partial charge on any atom is 0.416 e. The minimum absolute atomic E-state index is 0.0329. The molecule has 0 unspecified atom stereocenters. The van der Waals surface area contributed by atoms with Crippen LogP contribution in [-0.4, -0.2) is 52.1 Å². The summed E-state index contributed by atoms with van der Waals surface area (Å²) in [5, 5.41) is 5.87. The van der Waals surface area contributed by atoms with Crippen molar-refractivity contribution >= 4 is 5.96 Å². The Hall–Kier alpha value is -2.00. The first-order valence-electron chi connectivity index (χ1n) is 8.97. The summed E-state index contributed by atoms with van der Waals surface area (Å²) < 4.78 is 56.1. The van der Waals surface area contributed by atoms with E-state index in [-0.39, 0.29) is 17.9 Å². The van der Waals surface area contributed by atoms with E-state index in [9.17, 15) is 13.2 Å². The van der Waals surface area contributed by atoms with E-state index in [1.54, 1.807) is 34.9 Å². The number of benzene rings is 1. The van der Waals surface area contributed by atoms with Gasteiger partial charge in [0.05, 0.1) is 25.4 Å². The molecule has 0 bridgehead atoms. The second kappa shape index (κ2) is 11.1. The Balaban J connectivity index is 2.71. The number of nitrogens with one attached hydrogen (secondary N) is 2. The summed E-state index contributed by atoms with van der Waals surface area (Å²) in [5.74, 6) is 0.567. The highest BCUT2D eigenvalue weighted by atomic mass is 19.4. The number of hydrogen-bond acceptors (Lipinski definition) is 4. The van der Waals surface area contributed by atoms with Crippen LogP contribution in [0.3, 0.4) is 0 Å². The molecule has 160 valence electrons. The number of halogens is 3. The van der Waals surface area contributed by atoms with Crippen molar-refractivity contribution in [3.05, 3.63) is 29.3 Å². The van der Waals surface area contributed by atoms with Crippen molar-refractivity contribution < 1.29 is 27.4 Å². The molecule has 0 aliphatic heterocycles. The zero-order chi connectivity index (χ0) is 21.2. The Morgan fingerprint density at radius 1 is 1.07 bits per heavy atom. The van der Waals surface area contributed by atoms with Gasteiger partial charge in [-0.05, 0) is 38.5 Å². The molecular formula is C19H30F3N3O3. The van der Waals surface area contributed by atoms with E-state index in [1.807, 2.05) is 0 Å². The van der Waals surface area contributed by atoms with Gasteiger partial charge in [-0.3, -0.25) is 4.99 Å². The molecule has 1 rings (SSSR count). The Labute approximate surface area is 164 Å². The second-order valence-electron chi connectivity index (χ2n) is 6.99. The van der Waals surface area contributed by atoms with Crippen molar-refractivity contribution in [2.75, 3.05) is 40.5 Å². The number of hydrogen-bond donors (Lipinski definition) is 2. The van der Waals surface area contributed by atoms with Gasteiger partial charge in [-0.15, -0.1) is 0 Å². The van der Waals surface area contributed by atoms with Crippen molar-refractivity contribution in [1.29, 1.82) is 0 Å². The van der Waals surface area contributed by atoms with E-state index in [4.69, 9.17) is 14.2 Å². The normalized spacial score (nSPS) is 12.8. The molecule has 0 heterocycles. The van der Waals surface area contributed by atoms with Crippen molar-refractivity contribution in [3.63, 3.8) is 0 Å². The molecule has 0 amide bonds. The van der Waals surface area contributed by atoms with Gasteiger partial charge in [0, 0.05) is 27.2 Å². The lowest BCUT2D eigenvalue weighted by Crippen LogP contribution is -2.39. The molecule has 0 aliphatic carbocycles. The lowest BCUT2D eigenvalue weighted by molar-refractivity contribution is -0.138. The molecule has 0 radical (unpaired) electrons. The number of alkyl halides is 3. The smallest absolute Gasteiger partial charge is 0.416 e. The van der Waals surface area contributed by atoms with Gasteiger partial charge in [-0.1, -0.05) is 6.07 Å². The van der Waals surface area contributed by atoms with Gasteiger partial charge in [0.1, 0.15) is 11.4 Å². The summed E-state index contributed by atoms with van der Waals surface area (Å²) in [4.78, 5) is 4.00. The first-order chi connectivity index (χ1) is 13.1. The Morgan fingerprint density at radius 2 is 1.79 bits per heavy atom. The molecule has 9 heteroatoms. The van der Waals surface area contributed by atoms with E-state index >= 15 is 0 Å². The fourth-order valence-electron chi connectivity index (χ4n) is 2.28. The summed E-state index contributed by atoms with van der Waals surface area (Å²) in [6.07, 6.45) is -4.49. The van der Waals surface area contributed by atoms with Crippen LogP contribution in [0.25, 0.3) is 0 Å². The average molecular weight is 405 g/mol. The SMILES string of the molecule is CN=C(NCCOCCOC)NCc1ccc(OC(C)(C)C)cc1C(F)(F)F. The number of methoxy groups -OCH3 is 1. The first kappa shape index (κ1) is 24.0. The van der Waals surface area contributed by atoms with Crippen LogP contribution in [0.2, 0.25) is 0 Å². The van der Waals surface area contributed by atoms with E-state index < -0.39 is 17.3 Å². The molecule has 1 aromatic rings. The van der Waals surface area contributed by atoms with Crippen molar-refractivity contribution in [2.45, 2.75) is 39.1 Å². The van der Waals surface area contributed by atoms with Crippen LogP contribution < -0.4 is 15.4 Å². The van der Waals surface area contributed by atoms with E-state index in [0.29, 0.717) is 32.3 Å². The zero-order valence-electron chi connectivity index (χ0n) is 17.1. The summed E-state index contributed by atoms with van der Waals surface area (Å²) in [6, 6.07) is 3.98. The summed E-state index contributed by atoms with van der Waals surface area (Å²) >= 11 is 0. The summed E-state index contributed by atoms with van der Waals surface area (Å²) in [6.45, 7) is 7.18. The number of aliphatic imine (C=N–C) groups is 1. The molecule has 0 spiro atoms. The highest BCUT2D eigenvalue weighted by molar-refractivity contribution is 5.79. The maximum absolute atomic E-state index is 13.5. The second-order valence-corrected chi connectivity index (χ2v) is 6.99. The highest BCUT2D eigenvalue weighted by Gasteiger charge is 2.34. The van der Waals surface area contributed by atoms with Crippen LogP contribution in [0.4, 0.5) is 13.2 Å².